The Bertz CT molecular complexity index is 400. The standard InChI is InChI=1S/C9H11F3N4/c1-6(2)3-4-16-8(9(10,11)12)7(5-13)14-15-16/h6H,3-4H2,1-2H3. The van der Waals surface area contributed by atoms with Crippen LogP contribution in [0, 0.1) is 17.2 Å². The van der Waals surface area contributed by atoms with Gasteiger partial charge in [0.1, 0.15) is 6.07 Å². The van der Waals surface area contributed by atoms with Gasteiger partial charge in [-0.1, -0.05) is 19.1 Å². The fraction of sp³-hybridized carbons (Fsp3) is 0.667. The fourth-order valence-electron chi connectivity index (χ4n) is 1.21. The molecule has 0 saturated carbocycles. The minimum atomic E-state index is -4.59. The number of hydrogen-bond donors (Lipinski definition) is 0. The van der Waals surface area contributed by atoms with Crippen molar-refractivity contribution in [1.82, 2.24) is 15.0 Å². The first-order chi connectivity index (χ1) is 7.36. The summed E-state index contributed by atoms with van der Waals surface area (Å²) in [6.07, 6.45) is -4.04. The highest BCUT2D eigenvalue weighted by Gasteiger charge is 2.39. The first kappa shape index (κ1) is 12.5. The molecule has 1 aromatic rings. The first-order valence-corrected chi connectivity index (χ1v) is 4.77. The lowest BCUT2D eigenvalue weighted by Gasteiger charge is -2.10. The molecule has 1 aromatic heterocycles. The van der Waals surface area contributed by atoms with Gasteiger partial charge in [-0.3, -0.25) is 0 Å². The normalized spacial score (nSPS) is 11.8. The van der Waals surface area contributed by atoms with Crippen molar-refractivity contribution < 1.29 is 13.2 Å². The molecule has 0 aliphatic heterocycles. The lowest BCUT2D eigenvalue weighted by atomic mass is 10.1. The largest absolute Gasteiger partial charge is 0.436 e. The zero-order valence-electron chi connectivity index (χ0n) is 8.91. The highest BCUT2D eigenvalue weighted by atomic mass is 19.4. The predicted molar refractivity (Wildman–Crippen MR) is 49.2 cm³/mol. The molecule has 0 fully saturated rings. The zero-order chi connectivity index (χ0) is 12.3. The number of rotatable bonds is 3. The van der Waals surface area contributed by atoms with Crippen LogP contribution in [0.4, 0.5) is 13.2 Å². The molecule has 0 aliphatic rings. The molecule has 16 heavy (non-hydrogen) atoms. The summed E-state index contributed by atoms with van der Waals surface area (Å²) >= 11 is 0. The van der Waals surface area contributed by atoms with Crippen LogP contribution in [-0.4, -0.2) is 15.0 Å². The van der Waals surface area contributed by atoms with Gasteiger partial charge in [0.05, 0.1) is 0 Å². The zero-order valence-corrected chi connectivity index (χ0v) is 8.91. The maximum absolute atomic E-state index is 12.6. The Morgan fingerprint density at radius 1 is 1.44 bits per heavy atom. The van der Waals surface area contributed by atoms with Gasteiger partial charge in [0.2, 0.25) is 0 Å². The Hall–Kier alpha value is -1.58. The molecule has 0 unspecified atom stereocenters. The molecular formula is C9H11F3N4. The molecule has 0 N–H and O–H groups in total. The average Bonchev–Trinajstić information content (AvgIpc) is 2.56. The maximum Gasteiger partial charge on any atom is 0.436 e. The van der Waals surface area contributed by atoms with Crippen LogP contribution in [0.1, 0.15) is 31.7 Å². The van der Waals surface area contributed by atoms with E-state index in [0.29, 0.717) is 6.42 Å². The molecule has 88 valence electrons. The molecule has 1 heterocycles. The fourth-order valence-corrected chi connectivity index (χ4v) is 1.21. The number of nitrogens with zero attached hydrogens (tertiary/aromatic N) is 4. The minimum absolute atomic E-state index is 0.112. The molecule has 0 aromatic carbocycles. The highest BCUT2D eigenvalue weighted by molar-refractivity contribution is 5.26. The third kappa shape index (κ3) is 2.72. The van der Waals surface area contributed by atoms with Gasteiger partial charge in [-0.05, 0) is 12.3 Å². The van der Waals surface area contributed by atoms with Crippen molar-refractivity contribution in [2.24, 2.45) is 5.92 Å². The Labute approximate surface area is 90.7 Å². The molecule has 7 heteroatoms. The number of aryl methyl sites for hydroxylation is 1. The van der Waals surface area contributed by atoms with Crippen LogP contribution in [0.2, 0.25) is 0 Å². The van der Waals surface area contributed by atoms with E-state index in [1.807, 2.05) is 13.8 Å². The molecule has 0 spiro atoms. The second-order valence-electron chi connectivity index (χ2n) is 3.80. The summed E-state index contributed by atoms with van der Waals surface area (Å²) in [4.78, 5) is 0. The lowest BCUT2D eigenvalue weighted by Crippen LogP contribution is -2.17. The number of halogens is 3. The Morgan fingerprint density at radius 2 is 2.06 bits per heavy atom. The predicted octanol–water partition coefficient (Wildman–Crippen LogP) is 2.21. The Kier molecular flexibility index (Phi) is 3.52. The van der Waals surface area contributed by atoms with Gasteiger partial charge in [0.25, 0.3) is 0 Å². The second-order valence-corrected chi connectivity index (χ2v) is 3.80. The van der Waals surface area contributed by atoms with E-state index in [0.717, 1.165) is 4.68 Å². The summed E-state index contributed by atoms with van der Waals surface area (Å²) < 4.78 is 38.6. The van der Waals surface area contributed by atoms with Crippen molar-refractivity contribution in [2.75, 3.05) is 0 Å². The van der Waals surface area contributed by atoms with E-state index < -0.39 is 17.6 Å². The average molecular weight is 232 g/mol. The van der Waals surface area contributed by atoms with E-state index in [1.165, 1.54) is 6.07 Å². The molecule has 0 amide bonds. The smallest absolute Gasteiger partial charge is 0.239 e. The van der Waals surface area contributed by atoms with E-state index in [9.17, 15) is 13.2 Å². The third-order valence-corrected chi connectivity index (χ3v) is 2.03. The summed E-state index contributed by atoms with van der Waals surface area (Å²) in [5.74, 6) is 0.260. The minimum Gasteiger partial charge on any atom is -0.239 e. The van der Waals surface area contributed by atoms with Crippen LogP contribution >= 0.6 is 0 Å². The van der Waals surface area contributed by atoms with Gasteiger partial charge in [-0.25, -0.2) is 4.68 Å². The van der Waals surface area contributed by atoms with E-state index in [4.69, 9.17) is 5.26 Å². The molecule has 0 saturated heterocycles. The SMILES string of the molecule is CC(C)CCn1nnc(C#N)c1C(F)(F)F. The molecule has 0 aliphatic carbocycles. The van der Waals surface area contributed by atoms with Crippen LogP contribution in [-0.2, 0) is 12.7 Å². The monoisotopic (exact) mass is 232 g/mol. The van der Waals surface area contributed by atoms with Crippen molar-refractivity contribution in [1.29, 1.82) is 5.26 Å². The second kappa shape index (κ2) is 4.51. The van der Waals surface area contributed by atoms with Gasteiger partial charge in [-0.2, -0.15) is 18.4 Å². The number of nitriles is 1. The molecule has 4 nitrogen and oxygen atoms in total. The molecule has 0 radical (unpaired) electrons. The summed E-state index contributed by atoms with van der Waals surface area (Å²) in [6, 6.07) is 1.40. The molecule has 1 rings (SSSR count). The van der Waals surface area contributed by atoms with Crippen LogP contribution < -0.4 is 0 Å². The number of alkyl halides is 3. The van der Waals surface area contributed by atoms with Gasteiger partial charge < -0.3 is 0 Å². The number of hydrogen-bond acceptors (Lipinski definition) is 3. The number of aromatic nitrogens is 3. The van der Waals surface area contributed by atoms with Crippen LogP contribution in [0.25, 0.3) is 0 Å². The summed E-state index contributed by atoms with van der Waals surface area (Å²) in [6.45, 7) is 3.91. The van der Waals surface area contributed by atoms with E-state index in [2.05, 4.69) is 10.3 Å². The topological polar surface area (TPSA) is 54.5 Å². The van der Waals surface area contributed by atoms with Gasteiger partial charge in [0.15, 0.2) is 11.4 Å². The summed E-state index contributed by atoms with van der Waals surface area (Å²) in [5.41, 5.74) is -1.73. The van der Waals surface area contributed by atoms with Gasteiger partial charge in [-0.15, -0.1) is 5.10 Å². The highest BCUT2D eigenvalue weighted by Crippen LogP contribution is 2.30. The van der Waals surface area contributed by atoms with Crippen molar-refractivity contribution in [3.63, 3.8) is 0 Å². The van der Waals surface area contributed by atoms with Gasteiger partial charge >= 0.3 is 6.18 Å². The maximum atomic E-state index is 12.6. The van der Waals surface area contributed by atoms with Crippen molar-refractivity contribution in [3.8, 4) is 6.07 Å². The van der Waals surface area contributed by atoms with E-state index >= 15 is 0 Å². The van der Waals surface area contributed by atoms with Crippen molar-refractivity contribution in [2.45, 2.75) is 33.0 Å². The third-order valence-electron chi connectivity index (χ3n) is 2.03. The quantitative estimate of drug-likeness (QED) is 0.802. The summed E-state index contributed by atoms with van der Waals surface area (Å²) in [7, 11) is 0. The molecule has 0 atom stereocenters. The first-order valence-electron chi connectivity index (χ1n) is 4.77. The van der Waals surface area contributed by atoms with Crippen LogP contribution in [0.3, 0.4) is 0 Å². The van der Waals surface area contributed by atoms with E-state index in [1.54, 1.807) is 0 Å². The summed E-state index contributed by atoms with van der Waals surface area (Å²) in [5, 5.41) is 15.1. The van der Waals surface area contributed by atoms with Crippen LogP contribution in [0.5, 0.6) is 0 Å². The Balaban J connectivity index is 3.02. The molecule has 0 bridgehead atoms. The molecular weight excluding hydrogens is 221 g/mol. The Morgan fingerprint density at radius 3 is 2.50 bits per heavy atom. The van der Waals surface area contributed by atoms with Crippen molar-refractivity contribution in [3.05, 3.63) is 11.4 Å². The van der Waals surface area contributed by atoms with Crippen molar-refractivity contribution >= 4 is 0 Å². The van der Waals surface area contributed by atoms with Crippen LogP contribution in [0.15, 0.2) is 0 Å². The van der Waals surface area contributed by atoms with E-state index in [-0.39, 0.29) is 12.5 Å². The lowest BCUT2D eigenvalue weighted by molar-refractivity contribution is -0.144. The van der Waals surface area contributed by atoms with Gasteiger partial charge in [0, 0.05) is 6.54 Å².